The van der Waals surface area contributed by atoms with E-state index in [1.807, 2.05) is 6.07 Å². The first-order chi connectivity index (χ1) is 9.61. The molecule has 1 aliphatic heterocycles. The summed E-state index contributed by atoms with van der Waals surface area (Å²) in [6, 6.07) is 9.08. The quantitative estimate of drug-likeness (QED) is 0.912. The van der Waals surface area contributed by atoms with Crippen molar-refractivity contribution in [3.05, 3.63) is 35.6 Å². The Morgan fingerprint density at radius 1 is 1.20 bits per heavy atom. The molecule has 0 amide bonds. The molecule has 1 N–H and O–H groups in total. The number of likely N-dealkylation sites (tertiary alicyclic amines) is 1. The molecule has 2 nitrogen and oxygen atoms in total. The normalized spacial score (nSPS) is 34.8. The van der Waals surface area contributed by atoms with Gasteiger partial charge in [0.25, 0.3) is 0 Å². The number of nitrogens with one attached hydrogen (secondary N) is 1. The van der Waals surface area contributed by atoms with Crippen LogP contribution in [0.2, 0.25) is 0 Å². The molecular weight excluding hydrogens is 251 g/mol. The van der Waals surface area contributed by atoms with Crippen molar-refractivity contribution >= 4 is 0 Å². The lowest BCUT2D eigenvalue weighted by atomic mass is 9.75. The maximum atomic E-state index is 13.2. The Labute approximate surface area is 121 Å². The van der Waals surface area contributed by atoms with E-state index in [9.17, 15) is 4.39 Å². The van der Waals surface area contributed by atoms with E-state index in [4.69, 9.17) is 0 Å². The van der Waals surface area contributed by atoms with E-state index in [0.717, 1.165) is 12.8 Å². The summed E-state index contributed by atoms with van der Waals surface area (Å²) in [4.78, 5) is 2.44. The minimum absolute atomic E-state index is 0.108. The number of nitrogens with zero attached hydrogens (tertiary/aromatic N) is 1. The molecule has 0 spiro atoms. The van der Waals surface area contributed by atoms with Crippen molar-refractivity contribution in [1.29, 1.82) is 0 Å². The van der Waals surface area contributed by atoms with Gasteiger partial charge >= 0.3 is 0 Å². The zero-order valence-electron chi connectivity index (χ0n) is 12.5. The van der Waals surface area contributed by atoms with Gasteiger partial charge in [-0.1, -0.05) is 12.1 Å². The third-order valence-corrected chi connectivity index (χ3v) is 5.14. The molecule has 2 aliphatic rings. The van der Waals surface area contributed by atoms with E-state index in [0.29, 0.717) is 24.0 Å². The lowest BCUT2D eigenvalue weighted by molar-refractivity contribution is 0.146. The van der Waals surface area contributed by atoms with E-state index in [2.05, 4.69) is 30.3 Å². The fourth-order valence-corrected chi connectivity index (χ4v) is 3.56. The van der Waals surface area contributed by atoms with E-state index in [-0.39, 0.29) is 5.82 Å². The zero-order valence-corrected chi connectivity index (χ0v) is 12.5. The molecule has 20 heavy (non-hydrogen) atoms. The summed E-state index contributed by atoms with van der Waals surface area (Å²) < 4.78 is 13.2. The van der Waals surface area contributed by atoms with Crippen LogP contribution in [-0.4, -0.2) is 36.6 Å². The Bertz CT molecular complexity index is 456. The number of hydrogen-bond donors (Lipinski definition) is 1. The number of halogens is 1. The zero-order chi connectivity index (χ0) is 14.1. The maximum Gasteiger partial charge on any atom is 0.123 e. The molecule has 1 heterocycles. The van der Waals surface area contributed by atoms with Gasteiger partial charge < -0.3 is 10.2 Å². The molecular formula is C17H25FN2. The van der Waals surface area contributed by atoms with E-state index in [1.165, 1.54) is 31.0 Å². The van der Waals surface area contributed by atoms with Crippen LogP contribution < -0.4 is 5.32 Å². The minimum Gasteiger partial charge on any atom is -0.311 e. The highest BCUT2D eigenvalue weighted by Gasteiger charge is 2.33. The molecule has 1 saturated heterocycles. The van der Waals surface area contributed by atoms with Gasteiger partial charge in [0.2, 0.25) is 0 Å². The summed E-state index contributed by atoms with van der Waals surface area (Å²) in [5.41, 5.74) is 1.17. The first kappa shape index (κ1) is 14.0. The fourth-order valence-electron chi connectivity index (χ4n) is 3.56. The van der Waals surface area contributed by atoms with Gasteiger partial charge in [0.1, 0.15) is 5.82 Å². The van der Waals surface area contributed by atoms with Gasteiger partial charge in [-0.05, 0) is 69.8 Å². The van der Waals surface area contributed by atoms with Crippen molar-refractivity contribution in [1.82, 2.24) is 10.2 Å². The third-order valence-electron chi connectivity index (χ3n) is 5.14. The molecule has 0 bridgehead atoms. The van der Waals surface area contributed by atoms with Gasteiger partial charge in [0.05, 0.1) is 0 Å². The highest BCUT2D eigenvalue weighted by molar-refractivity contribution is 5.23. The number of piperidine rings is 1. The predicted molar refractivity (Wildman–Crippen MR) is 80.4 cm³/mol. The van der Waals surface area contributed by atoms with Crippen LogP contribution in [0.4, 0.5) is 4.39 Å². The van der Waals surface area contributed by atoms with E-state index >= 15 is 0 Å². The Morgan fingerprint density at radius 3 is 2.70 bits per heavy atom. The van der Waals surface area contributed by atoms with Crippen LogP contribution >= 0.6 is 0 Å². The van der Waals surface area contributed by atoms with Crippen LogP contribution in [-0.2, 0) is 0 Å². The lowest BCUT2D eigenvalue weighted by Gasteiger charge is -2.42. The predicted octanol–water partition coefficient (Wildman–Crippen LogP) is 3.14. The maximum absolute atomic E-state index is 13.2. The van der Waals surface area contributed by atoms with Crippen LogP contribution in [0.15, 0.2) is 24.3 Å². The van der Waals surface area contributed by atoms with Crippen molar-refractivity contribution in [3.63, 3.8) is 0 Å². The minimum atomic E-state index is -0.108. The van der Waals surface area contributed by atoms with Crippen molar-refractivity contribution in [2.75, 3.05) is 13.6 Å². The van der Waals surface area contributed by atoms with Crippen molar-refractivity contribution in [2.24, 2.45) is 0 Å². The molecule has 1 aromatic rings. The largest absolute Gasteiger partial charge is 0.311 e. The second-order valence-electron chi connectivity index (χ2n) is 6.64. The van der Waals surface area contributed by atoms with Crippen LogP contribution in [0, 0.1) is 5.82 Å². The average Bonchev–Trinajstić information content (AvgIpc) is 2.37. The topological polar surface area (TPSA) is 15.3 Å². The standard InChI is InChI=1S/C17H25FN2/c1-12-8-16(6-7-20(12)2)19-17-10-14(11-17)13-4-3-5-15(18)9-13/h3-5,9,12,14,16-17,19H,6-8,10-11H2,1-2H3. The molecule has 2 fully saturated rings. The van der Waals surface area contributed by atoms with Crippen LogP contribution in [0.1, 0.15) is 44.1 Å². The van der Waals surface area contributed by atoms with Gasteiger partial charge in [-0.25, -0.2) is 4.39 Å². The second-order valence-corrected chi connectivity index (χ2v) is 6.64. The molecule has 3 rings (SSSR count). The second kappa shape index (κ2) is 5.82. The summed E-state index contributed by atoms with van der Waals surface area (Å²) in [5, 5.41) is 3.80. The van der Waals surface area contributed by atoms with Gasteiger partial charge in [0.15, 0.2) is 0 Å². The molecule has 3 heteroatoms. The lowest BCUT2D eigenvalue weighted by Crippen LogP contribution is -2.51. The van der Waals surface area contributed by atoms with Crippen LogP contribution in [0.3, 0.4) is 0 Å². The summed E-state index contributed by atoms with van der Waals surface area (Å²) in [5.74, 6) is 0.440. The third kappa shape index (κ3) is 3.04. The van der Waals surface area contributed by atoms with E-state index < -0.39 is 0 Å². The van der Waals surface area contributed by atoms with Gasteiger partial charge in [0, 0.05) is 18.1 Å². The summed E-state index contributed by atoms with van der Waals surface area (Å²) in [6.07, 6.45) is 4.81. The molecule has 0 aromatic heterocycles. The van der Waals surface area contributed by atoms with E-state index in [1.54, 1.807) is 6.07 Å². The Kier molecular flexibility index (Phi) is 4.08. The Morgan fingerprint density at radius 2 is 2.00 bits per heavy atom. The number of benzene rings is 1. The molecule has 1 aromatic carbocycles. The van der Waals surface area contributed by atoms with Crippen molar-refractivity contribution < 1.29 is 4.39 Å². The Hall–Kier alpha value is -0.930. The SMILES string of the molecule is CC1CC(NC2CC(c3cccc(F)c3)C2)CCN1C. The van der Waals surface area contributed by atoms with Gasteiger partial charge in [-0.15, -0.1) is 0 Å². The van der Waals surface area contributed by atoms with Gasteiger partial charge in [-0.2, -0.15) is 0 Å². The fraction of sp³-hybridized carbons (Fsp3) is 0.647. The highest BCUT2D eigenvalue weighted by Crippen LogP contribution is 2.37. The summed E-state index contributed by atoms with van der Waals surface area (Å²) >= 11 is 0. The molecule has 2 atom stereocenters. The molecule has 1 saturated carbocycles. The number of hydrogen-bond acceptors (Lipinski definition) is 2. The molecule has 2 unspecified atom stereocenters. The average molecular weight is 276 g/mol. The van der Waals surface area contributed by atoms with Crippen LogP contribution in [0.5, 0.6) is 0 Å². The van der Waals surface area contributed by atoms with Gasteiger partial charge in [-0.3, -0.25) is 0 Å². The molecule has 1 aliphatic carbocycles. The van der Waals surface area contributed by atoms with Crippen molar-refractivity contribution in [3.8, 4) is 0 Å². The number of rotatable bonds is 3. The monoisotopic (exact) mass is 276 g/mol. The smallest absolute Gasteiger partial charge is 0.123 e. The Balaban J connectivity index is 1.47. The first-order valence-corrected chi connectivity index (χ1v) is 7.83. The van der Waals surface area contributed by atoms with Crippen molar-refractivity contribution in [2.45, 2.75) is 56.7 Å². The molecule has 0 radical (unpaired) electrons. The highest BCUT2D eigenvalue weighted by atomic mass is 19.1. The molecule has 110 valence electrons. The summed E-state index contributed by atoms with van der Waals surface area (Å²) in [6.45, 7) is 3.50. The first-order valence-electron chi connectivity index (χ1n) is 7.83. The van der Waals surface area contributed by atoms with Crippen LogP contribution in [0.25, 0.3) is 0 Å². The summed E-state index contributed by atoms with van der Waals surface area (Å²) in [7, 11) is 2.21.